The molecule has 1 amide bonds. The van der Waals surface area contributed by atoms with E-state index in [2.05, 4.69) is 10.6 Å². The Kier molecular flexibility index (Phi) is 6.85. The molecule has 2 aromatic carbocycles. The molecule has 0 bridgehead atoms. The highest BCUT2D eigenvalue weighted by atomic mass is 32.2. The molecule has 4 rings (SSSR count). The molecule has 33 heavy (non-hydrogen) atoms. The molecule has 9 heteroatoms. The summed E-state index contributed by atoms with van der Waals surface area (Å²) in [6, 6.07) is 10.9. The van der Waals surface area contributed by atoms with Crippen molar-refractivity contribution in [1.29, 1.82) is 0 Å². The summed E-state index contributed by atoms with van der Waals surface area (Å²) in [6.45, 7) is 0.988. The van der Waals surface area contributed by atoms with Crippen molar-refractivity contribution in [3.63, 3.8) is 0 Å². The lowest BCUT2D eigenvalue weighted by Gasteiger charge is -2.37. The summed E-state index contributed by atoms with van der Waals surface area (Å²) in [5.41, 5.74) is 7.82. The molecule has 0 saturated carbocycles. The number of hydrogen-bond acceptors (Lipinski definition) is 8. The van der Waals surface area contributed by atoms with Crippen molar-refractivity contribution < 1.29 is 24.2 Å². The number of hydrogen-bond donors (Lipinski definition) is 4. The van der Waals surface area contributed by atoms with Gasteiger partial charge in [0.15, 0.2) is 6.10 Å². The van der Waals surface area contributed by atoms with Gasteiger partial charge in [-0.3, -0.25) is 14.4 Å². The van der Waals surface area contributed by atoms with Crippen molar-refractivity contribution >= 4 is 34.9 Å². The first-order chi connectivity index (χ1) is 15.9. The maximum absolute atomic E-state index is 13.9. The van der Waals surface area contributed by atoms with Gasteiger partial charge in [0, 0.05) is 28.0 Å². The highest BCUT2D eigenvalue weighted by Crippen LogP contribution is 2.50. The summed E-state index contributed by atoms with van der Waals surface area (Å²) in [7, 11) is 0. The van der Waals surface area contributed by atoms with E-state index >= 15 is 0 Å². The van der Waals surface area contributed by atoms with Gasteiger partial charge in [-0.05, 0) is 62.0 Å². The molecular weight excluding hydrogens is 442 g/mol. The molecule has 1 spiro atoms. The summed E-state index contributed by atoms with van der Waals surface area (Å²) >= 11 is 1.44. The van der Waals surface area contributed by atoms with Crippen LogP contribution in [0.2, 0.25) is 0 Å². The molecule has 2 aromatic rings. The minimum Gasteiger partial charge on any atom is -0.481 e. The predicted molar refractivity (Wildman–Crippen MR) is 126 cm³/mol. The fourth-order valence-corrected chi connectivity index (χ4v) is 5.10. The maximum atomic E-state index is 13.9. The zero-order valence-electron chi connectivity index (χ0n) is 18.3. The number of thioether (sulfide) groups is 1. The normalized spacial score (nSPS) is 18.5. The van der Waals surface area contributed by atoms with Gasteiger partial charge in [0.2, 0.25) is 11.6 Å². The highest BCUT2D eigenvalue weighted by molar-refractivity contribution is 7.98. The van der Waals surface area contributed by atoms with Crippen molar-refractivity contribution in [3.8, 4) is 5.75 Å². The molecular formula is C24H27N3O5S. The van der Waals surface area contributed by atoms with Gasteiger partial charge in [-0.2, -0.15) is 0 Å². The van der Waals surface area contributed by atoms with Crippen LogP contribution < -0.4 is 21.1 Å². The number of nitrogens with one attached hydrogen (secondary N) is 2. The first-order valence-electron chi connectivity index (χ1n) is 10.8. The fourth-order valence-electron chi connectivity index (χ4n) is 4.66. The molecule has 0 radical (unpaired) electrons. The average Bonchev–Trinajstić information content (AvgIpc) is 3.15. The highest BCUT2D eigenvalue weighted by Gasteiger charge is 2.53. The number of ether oxygens (including phenoxy) is 1. The molecule has 5 N–H and O–H groups in total. The molecule has 8 nitrogen and oxygen atoms in total. The van der Waals surface area contributed by atoms with E-state index in [4.69, 9.17) is 15.6 Å². The van der Waals surface area contributed by atoms with Crippen molar-refractivity contribution in [1.82, 2.24) is 5.32 Å². The Morgan fingerprint density at radius 2 is 1.97 bits per heavy atom. The van der Waals surface area contributed by atoms with Gasteiger partial charge in [-0.25, -0.2) is 0 Å². The van der Waals surface area contributed by atoms with E-state index in [9.17, 15) is 14.4 Å². The Morgan fingerprint density at radius 3 is 2.64 bits per heavy atom. The minimum absolute atomic E-state index is 0.227. The lowest BCUT2D eigenvalue weighted by Crippen LogP contribution is -2.50. The Bertz CT molecular complexity index is 1100. The fraction of sp³-hybridized carbons (Fsp3) is 0.375. The van der Waals surface area contributed by atoms with E-state index in [-0.39, 0.29) is 17.0 Å². The second-order valence-corrected chi connectivity index (χ2v) is 9.13. The van der Waals surface area contributed by atoms with Gasteiger partial charge in [-0.1, -0.05) is 12.1 Å². The number of aliphatic hydroxyl groups is 1. The number of ketones is 2. The third kappa shape index (κ3) is 4.29. The topological polar surface area (TPSA) is 131 Å². The van der Waals surface area contributed by atoms with Crippen LogP contribution in [0.25, 0.3) is 0 Å². The van der Waals surface area contributed by atoms with Crippen LogP contribution in [0.15, 0.2) is 41.3 Å². The first-order valence-corrected chi connectivity index (χ1v) is 12.0. The Morgan fingerprint density at radius 1 is 1.21 bits per heavy atom. The molecule has 0 aliphatic carbocycles. The van der Waals surface area contributed by atoms with Gasteiger partial charge < -0.3 is 26.2 Å². The number of Topliss-reactive ketones (excluding diaryl/α,β-unsaturated/α-hetero) is 2. The second-order valence-electron chi connectivity index (χ2n) is 8.25. The van der Waals surface area contributed by atoms with Crippen LogP contribution in [-0.4, -0.2) is 54.6 Å². The van der Waals surface area contributed by atoms with Crippen molar-refractivity contribution in [3.05, 3.63) is 53.1 Å². The number of benzene rings is 2. The van der Waals surface area contributed by atoms with Crippen molar-refractivity contribution in [2.24, 2.45) is 5.73 Å². The number of aliphatic hydroxyl groups excluding tert-OH is 1. The largest absolute Gasteiger partial charge is 0.481 e. The van der Waals surface area contributed by atoms with Crippen LogP contribution >= 0.6 is 11.8 Å². The number of fused-ring (bicyclic) bond motifs is 2. The number of anilines is 1. The third-order valence-corrected chi connectivity index (χ3v) is 7.16. The lowest BCUT2D eigenvalue weighted by atomic mass is 9.68. The summed E-state index contributed by atoms with van der Waals surface area (Å²) in [5.74, 6) is -1.53. The van der Waals surface area contributed by atoms with Crippen LogP contribution in [0.5, 0.6) is 5.75 Å². The molecule has 2 aliphatic heterocycles. The van der Waals surface area contributed by atoms with E-state index in [1.54, 1.807) is 18.2 Å². The molecule has 0 aromatic heterocycles. The zero-order chi connectivity index (χ0) is 23.6. The molecule has 1 fully saturated rings. The van der Waals surface area contributed by atoms with Crippen LogP contribution in [-0.2, 0) is 21.5 Å². The molecule has 1 atom stereocenters. The van der Waals surface area contributed by atoms with Gasteiger partial charge >= 0.3 is 0 Å². The van der Waals surface area contributed by atoms with E-state index < -0.39 is 29.8 Å². The molecule has 1 saturated heterocycles. The summed E-state index contributed by atoms with van der Waals surface area (Å²) in [4.78, 5) is 38.6. The summed E-state index contributed by atoms with van der Waals surface area (Å²) in [6.07, 6.45) is 2.54. The SMILES string of the molecule is CSc1ccc(C(=O)C2Oc3ccc(CN)cc3C23CCNCC3)c(NC(=O)C(=O)CO)c1. The van der Waals surface area contributed by atoms with E-state index in [0.29, 0.717) is 12.3 Å². The Hall–Kier alpha value is -2.72. The van der Waals surface area contributed by atoms with Gasteiger partial charge in [0.1, 0.15) is 12.4 Å². The van der Waals surface area contributed by atoms with E-state index in [1.165, 1.54) is 11.8 Å². The number of carbonyl (C=O) groups excluding carboxylic acids is 3. The average molecular weight is 470 g/mol. The van der Waals surface area contributed by atoms with Crippen LogP contribution in [0.4, 0.5) is 5.69 Å². The quantitative estimate of drug-likeness (QED) is 0.273. The van der Waals surface area contributed by atoms with E-state index in [0.717, 1.165) is 42.0 Å². The van der Waals surface area contributed by atoms with Crippen molar-refractivity contribution in [2.45, 2.75) is 35.8 Å². The lowest BCUT2D eigenvalue weighted by molar-refractivity contribution is -0.136. The number of carbonyl (C=O) groups is 3. The predicted octanol–water partition coefficient (Wildman–Crippen LogP) is 1.63. The molecule has 2 heterocycles. The monoisotopic (exact) mass is 469 g/mol. The minimum atomic E-state index is -0.975. The third-order valence-electron chi connectivity index (χ3n) is 6.43. The van der Waals surface area contributed by atoms with Crippen LogP contribution in [0.3, 0.4) is 0 Å². The second kappa shape index (κ2) is 9.64. The molecule has 174 valence electrons. The Balaban J connectivity index is 1.75. The molecule has 1 unspecified atom stereocenters. The van der Waals surface area contributed by atoms with Gasteiger partial charge in [-0.15, -0.1) is 11.8 Å². The number of piperidine rings is 1. The summed E-state index contributed by atoms with van der Waals surface area (Å²) in [5, 5.41) is 14.9. The number of amides is 1. The number of nitrogens with two attached hydrogens (primary N) is 1. The van der Waals surface area contributed by atoms with Crippen LogP contribution in [0, 0.1) is 0 Å². The Labute approximate surface area is 196 Å². The number of rotatable bonds is 7. The van der Waals surface area contributed by atoms with Gasteiger partial charge in [0.05, 0.1) is 5.69 Å². The van der Waals surface area contributed by atoms with Gasteiger partial charge in [0.25, 0.3) is 5.91 Å². The first kappa shape index (κ1) is 23.4. The van der Waals surface area contributed by atoms with E-state index in [1.807, 2.05) is 24.5 Å². The van der Waals surface area contributed by atoms with Crippen molar-refractivity contribution in [2.75, 3.05) is 31.3 Å². The summed E-state index contributed by atoms with van der Waals surface area (Å²) < 4.78 is 6.26. The standard InChI is InChI=1S/C24H27N3O5S/c1-33-15-3-4-16(18(11-15)27-23(31)19(29)13-28)21(30)22-24(6-8-26-9-7-24)17-10-14(12-25)2-5-20(17)32-22/h2-5,10-11,22,26,28H,6-9,12-13,25H2,1H3,(H,27,31). The van der Waals surface area contributed by atoms with Crippen LogP contribution in [0.1, 0.15) is 34.3 Å². The maximum Gasteiger partial charge on any atom is 0.294 e. The zero-order valence-corrected chi connectivity index (χ0v) is 19.2. The smallest absolute Gasteiger partial charge is 0.294 e. The molecule has 2 aliphatic rings.